The maximum atomic E-state index is 12.9. The lowest BCUT2D eigenvalue weighted by molar-refractivity contribution is -0.931. The standard InChI is InChI=1S/C35H60NO7P/c1-4-5-6-7-8-9-10-11-12-13-14-15-16-20-25-40-28-34(42-35(37)30-21-18-17-19-22-30)29-41-44(38,39)43-33-26-31-23-24-32(27-33)36(31,2)3/h17-19,21-22,31-34H,4-16,20,23-29H2,1-3H3/p+1. The smallest absolute Gasteiger partial charge is 0.454 e. The first kappa shape index (κ1) is 37.2. The Morgan fingerprint density at radius 3 is 1.91 bits per heavy atom. The molecule has 1 aromatic carbocycles. The topological polar surface area (TPSA) is 91.3 Å². The number of piperidine rings is 1. The van der Waals surface area contributed by atoms with Crippen LogP contribution in [0.2, 0.25) is 0 Å². The molecule has 9 heteroatoms. The highest BCUT2D eigenvalue weighted by molar-refractivity contribution is 7.47. The molecule has 2 aliphatic heterocycles. The van der Waals surface area contributed by atoms with Gasteiger partial charge in [-0.3, -0.25) is 9.05 Å². The van der Waals surface area contributed by atoms with Gasteiger partial charge in [0.05, 0.1) is 51.1 Å². The highest BCUT2D eigenvalue weighted by Crippen LogP contribution is 2.50. The minimum absolute atomic E-state index is 0.0935. The molecule has 0 amide bonds. The van der Waals surface area contributed by atoms with Gasteiger partial charge in [0, 0.05) is 32.3 Å². The van der Waals surface area contributed by atoms with Crippen molar-refractivity contribution in [1.82, 2.24) is 0 Å². The summed E-state index contributed by atoms with van der Waals surface area (Å²) in [7, 11) is 0.141. The van der Waals surface area contributed by atoms with Crippen LogP contribution in [0.25, 0.3) is 0 Å². The summed E-state index contributed by atoms with van der Waals surface area (Å²) in [5, 5.41) is 0. The fraction of sp³-hybridized carbons (Fsp3) is 0.800. The third-order valence-electron chi connectivity index (χ3n) is 9.72. The van der Waals surface area contributed by atoms with Crippen molar-refractivity contribution in [3.63, 3.8) is 0 Å². The summed E-state index contributed by atoms with van der Waals surface area (Å²) >= 11 is 0. The number of carbonyl (C=O) groups excluding carboxylic acids is 1. The predicted octanol–water partition coefficient (Wildman–Crippen LogP) is 8.61. The zero-order chi connectivity index (χ0) is 31.7. The number of fused-ring (bicyclic) bond motifs is 2. The predicted molar refractivity (Wildman–Crippen MR) is 176 cm³/mol. The van der Waals surface area contributed by atoms with Crippen molar-refractivity contribution in [2.75, 3.05) is 33.9 Å². The van der Waals surface area contributed by atoms with Gasteiger partial charge >= 0.3 is 13.8 Å². The molecule has 1 N–H and O–H groups in total. The quantitative estimate of drug-likeness (QED) is 0.0525. The van der Waals surface area contributed by atoms with E-state index >= 15 is 0 Å². The second-order valence-corrected chi connectivity index (χ2v) is 14.9. The van der Waals surface area contributed by atoms with E-state index in [0.717, 1.165) is 43.0 Å². The number of hydrogen-bond acceptors (Lipinski definition) is 6. The minimum atomic E-state index is -4.33. The van der Waals surface area contributed by atoms with Crippen LogP contribution in [-0.2, 0) is 23.1 Å². The van der Waals surface area contributed by atoms with Crippen molar-refractivity contribution in [2.45, 2.75) is 147 Å². The lowest BCUT2D eigenvalue weighted by atomic mass is 9.98. The third-order valence-corrected chi connectivity index (χ3v) is 10.8. The Morgan fingerprint density at radius 2 is 1.36 bits per heavy atom. The van der Waals surface area contributed by atoms with Crippen LogP contribution in [0, 0.1) is 0 Å². The monoisotopic (exact) mass is 638 g/mol. The molecule has 4 atom stereocenters. The summed E-state index contributed by atoms with van der Waals surface area (Å²) in [6.45, 7) is 2.63. The molecule has 0 saturated carbocycles. The molecule has 3 rings (SSSR count). The van der Waals surface area contributed by atoms with E-state index in [0.29, 0.717) is 24.3 Å². The molecule has 0 radical (unpaired) electrons. The number of unbranched alkanes of at least 4 members (excludes halogenated alkanes) is 13. The maximum Gasteiger partial charge on any atom is 0.472 e. The van der Waals surface area contributed by atoms with E-state index in [-0.39, 0.29) is 19.3 Å². The lowest BCUT2D eigenvalue weighted by Gasteiger charge is -2.44. The van der Waals surface area contributed by atoms with Gasteiger partial charge < -0.3 is 18.9 Å². The number of nitrogens with zero attached hydrogens (tertiary/aromatic N) is 1. The zero-order valence-corrected chi connectivity index (χ0v) is 28.7. The summed E-state index contributed by atoms with van der Waals surface area (Å²) in [4.78, 5) is 23.2. The van der Waals surface area contributed by atoms with E-state index in [1.165, 1.54) is 77.0 Å². The summed E-state index contributed by atoms with van der Waals surface area (Å²) in [6.07, 6.45) is 20.7. The van der Waals surface area contributed by atoms with Gasteiger partial charge in [0.2, 0.25) is 0 Å². The molecular weight excluding hydrogens is 577 g/mol. The molecule has 0 aliphatic carbocycles. The van der Waals surface area contributed by atoms with Gasteiger partial charge in [0.25, 0.3) is 0 Å². The largest absolute Gasteiger partial charge is 0.472 e. The van der Waals surface area contributed by atoms with Gasteiger partial charge in [-0.15, -0.1) is 0 Å². The molecule has 1 aromatic rings. The first-order valence-corrected chi connectivity index (χ1v) is 19.0. The van der Waals surface area contributed by atoms with Crippen LogP contribution >= 0.6 is 7.82 Å². The van der Waals surface area contributed by atoms with Crippen molar-refractivity contribution >= 4 is 13.8 Å². The highest BCUT2D eigenvalue weighted by atomic mass is 31.2. The van der Waals surface area contributed by atoms with Crippen LogP contribution in [0.1, 0.15) is 133 Å². The zero-order valence-electron chi connectivity index (χ0n) is 27.8. The Bertz CT molecular complexity index is 959. The molecule has 2 saturated heterocycles. The molecule has 2 heterocycles. The second-order valence-electron chi connectivity index (χ2n) is 13.5. The molecule has 0 spiro atoms. The Kier molecular flexibility index (Phi) is 17.0. The van der Waals surface area contributed by atoms with Crippen LogP contribution in [0.15, 0.2) is 30.3 Å². The average molecular weight is 639 g/mol. The molecule has 2 aliphatic rings. The van der Waals surface area contributed by atoms with Gasteiger partial charge in [0.15, 0.2) is 0 Å². The SMILES string of the molecule is CCCCCCCCCCCCCCCCOCC(COP(=O)(O)OC1CC2CCC(C1)[N+]2(C)C)OC(=O)c1ccccc1. The molecule has 4 unspecified atom stereocenters. The van der Waals surface area contributed by atoms with E-state index in [4.69, 9.17) is 18.5 Å². The van der Waals surface area contributed by atoms with E-state index in [1.807, 2.05) is 6.07 Å². The number of esters is 1. The third kappa shape index (κ3) is 13.6. The van der Waals surface area contributed by atoms with E-state index in [1.54, 1.807) is 24.3 Å². The molecule has 44 heavy (non-hydrogen) atoms. The van der Waals surface area contributed by atoms with Crippen LogP contribution < -0.4 is 0 Å². The fourth-order valence-corrected chi connectivity index (χ4v) is 7.80. The van der Waals surface area contributed by atoms with Crippen LogP contribution in [0.5, 0.6) is 0 Å². The van der Waals surface area contributed by atoms with Gasteiger partial charge in [0.1, 0.15) is 6.10 Å². The molecular formula is C35H61NO7P+. The van der Waals surface area contributed by atoms with Gasteiger partial charge in [-0.1, -0.05) is 109 Å². The number of phosphoric ester groups is 1. The first-order valence-electron chi connectivity index (χ1n) is 17.5. The van der Waals surface area contributed by atoms with Crippen molar-refractivity contribution < 1.29 is 37.3 Å². The Hall–Kier alpha value is -1.28. The average Bonchev–Trinajstić information content (AvgIpc) is 3.13. The summed E-state index contributed by atoms with van der Waals surface area (Å²) in [6, 6.07) is 9.57. The van der Waals surface area contributed by atoms with Crippen LogP contribution in [0.4, 0.5) is 0 Å². The van der Waals surface area contributed by atoms with Crippen molar-refractivity contribution in [3.8, 4) is 0 Å². The Morgan fingerprint density at radius 1 is 0.841 bits per heavy atom. The van der Waals surface area contributed by atoms with Crippen molar-refractivity contribution in [3.05, 3.63) is 35.9 Å². The number of hydrogen-bond donors (Lipinski definition) is 1. The summed E-state index contributed by atoms with van der Waals surface area (Å²) in [5.41, 5.74) is 0.409. The Labute approximate surface area is 267 Å². The first-order chi connectivity index (χ1) is 21.2. The van der Waals surface area contributed by atoms with Crippen LogP contribution in [-0.4, -0.2) is 73.6 Å². The lowest BCUT2D eigenvalue weighted by Crippen LogP contribution is -2.55. The molecule has 2 fully saturated rings. The van der Waals surface area contributed by atoms with Crippen molar-refractivity contribution in [1.29, 1.82) is 0 Å². The van der Waals surface area contributed by atoms with E-state index in [9.17, 15) is 14.3 Å². The highest BCUT2D eigenvalue weighted by Gasteiger charge is 2.50. The molecule has 0 aromatic heterocycles. The van der Waals surface area contributed by atoms with Gasteiger partial charge in [-0.2, -0.15) is 0 Å². The number of carbonyl (C=O) groups is 1. The fourth-order valence-electron chi connectivity index (χ4n) is 6.84. The van der Waals surface area contributed by atoms with Gasteiger partial charge in [-0.05, 0) is 18.6 Å². The summed E-state index contributed by atoms with van der Waals surface area (Å²) < 4.78 is 36.3. The summed E-state index contributed by atoms with van der Waals surface area (Å²) in [5.74, 6) is -0.517. The number of benzene rings is 1. The maximum absolute atomic E-state index is 12.9. The van der Waals surface area contributed by atoms with Gasteiger partial charge in [-0.25, -0.2) is 9.36 Å². The number of quaternary nitrogens is 1. The minimum Gasteiger partial charge on any atom is -0.454 e. The molecule has 8 nitrogen and oxygen atoms in total. The van der Waals surface area contributed by atoms with Crippen molar-refractivity contribution in [2.24, 2.45) is 0 Å². The number of phosphoric acid groups is 1. The molecule has 2 bridgehead atoms. The Balaban J connectivity index is 1.31. The molecule has 252 valence electrons. The van der Waals surface area contributed by atoms with E-state index in [2.05, 4.69) is 21.0 Å². The van der Waals surface area contributed by atoms with Crippen LogP contribution in [0.3, 0.4) is 0 Å². The second kappa shape index (κ2) is 20.1. The number of ether oxygens (including phenoxy) is 2. The number of rotatable bonds is 24. The normalized spacial score (nSPS) is 22.9. The van der Waals surface area contributed by atoms with E-state index < -0.39 is 19.9 Å².